The zero-order chi connectivity index (χ0) is 18.5. The van der Waals surface area contributed by atoms with Gasteiger partial charge in [-0.1, -0.05) is 50.1 Å². The highest BCUT2D eigenvalue weighted by Gasteiger charge is 2.14. The fraction of sp³-hybridized carbons (Fsp3) is 0.238. The first-order valence-electron chi connectivity index (χ1n) is 8.93. The Labute approximate surface area is 153 Å². The van der Waals surface area contributed by atoms with Crippen LogP contribution in [-0.4, -0.2) is 15.9 Å². The molecule has 0 unspecified atom stereocenters. The molecule has 0 spiro atoms. The Bertz CT molecular complexity index is 914. The van der Waals surface area contributed by atoms with Crippen molar-refractivity contribution in [3.63, 3.8) is 0 Å². The van der Waals surface area contributed by atoms with Gasteiger partial charge >= 0.3 is 0 Å². The molecule has 2 aromatic carbocycles. The Morgan fingerprint density at radius 2 is 1.85 bits per heavy atom. The van der Waals surface area contributed by atoms with Crippen LogP contribution >= 0.6 is 0 Å². The summed E-state index contributed by atoms with van der Waals surface area (Å²) in [5, 5.41) is 0. The number of anilines is 1. The monoisotopic (exact) mass is 348 g/mol. The highest BCUT2D eigenvalue weighted by molar-refractivity contribution is 5.95. The van der Waals surface area contributed by atoms with Gasteiger partial charge in [-0.05, 0) is 41.7 Å². The fourth-order valence-corrected chi connectivity index (χ4v) is 3.19. The predicted octanol–water partition coefficient (Wildman–Crippen LogP) is 4.16. The van der Waals surface area contributed by atoms with E-state index in [9.17, 15) is 4.79 Å². The van der Waals surface area contributed by atoms with Crippen LogP contribution in [0.4, 0.5) is 5.95 Å². The molecule has 0 radical (unpaired) electrons. The molecule has 0 atom stereocenters. The average molecular weight is 348 g/mol. The van der Waals surface area contributed by atoms with Crippen LogP contribution in [-0.2, 0) is 6.42 Å². The number of imidazole rings is 1. The predicted molar refractivity (Wildman–Crippen MR) is 106 cm³/mol. The number of hydrogen-bond acceptors (Lipinski definition) is 3. The molecule has 0 aliphatic rings. The summed E-state index contributed by atoms with van der Waals surface area (Å²) in [6.07, 6.45) is 6.14. The van der Waals surface area contributed by atoms with E-state index in [-0.39, 0.29) is 0 Å². The number of nitrogens with one attached hydrogen (secondary N) is 1. The number of nitrogen functional groups attached to an aromatic ring is 1. The second-order valence-corrected chi connectivity index (χ2v) is 6.42. The van der Waals surface area contributed by atoms with Crippen molar-refractivity contribution >= 4 is 11.9 Å². The number of hydrogen-bond donors (Lipinski definition) is 3. The lowest BCUT2D eigenvalue weighted by atomic mass is 9.90. The highest BCUT2D eigenvalue weighted by Crippen LogP contribution is 2.34. The molecule has 0 fully saturated rings. The number of carbonyl (C=O) groups excluding carboxylic acids is 1. The van der Waals surface area contributed by atoms with Crippen molar-refractivity contribution in [1.29, 1.82) is 0 Å². The third kappa shape index (κ3) is 3.77. The topological polar surface area (TPSA) is 97.8 Å². The lowest BCUT2D eigenvalue weighted by molar-refractivity contribution is 0.100. The summed E-state index contributed by atoms with van der Waals surface area (Å²) in [4.78, 5) is 18.9. The van der Waals surface area contributed by atoms with E-state index in [1.807, 2.05) is 36.4 Å². The van der Waals surface area contributed by atoms with Crippen molar-refractivity contribution in [2.75, 3.05) is 5.73 Å². The maximum absolute atomic E-state index is 11.7. The summed E-state index contributed by atoms with van der Waals surface area (Å²) < 4.78 is 0. The number of unbranched alkanes of at least 4 members (excludes halogenated alkanes) is 2. The average Bonchev–Trinajstić information content (AvgIpc) is 3.08. The molecule has 1 amide bonds. The van der Waals surface area contributed by atoms with Gasteiger partial charge in [0.15, 0.2) is 5.95 Å². The minimum absolute atomic E-state index is 0.379. The lowest BCUT2D eigenvalue weighted by Crippen LogP contribution is -2.11. The molecule has 3 aromatic rings. The second kappa shape index (κ2) is 7.87. The number of aromatic amines is 1. The van der Waals surface area contributed by atoms with Gasteiger partial charge < -0.3 is 16.5 Å². The van der Waals surface area contributed by atoms with E-state index in [4.69, 9.17) is 11.5 Å². The van der Waals surface area contributed by atoms with Crippen molar-refractivity contribution in [2.24, 2.45) is 5.73 Å². The van der Waals surface area contributed by atoms with E-state index >= 15 is 0 Å². The lowest BCUT2D eigenvalue weighted by Gasteiger charge is -2.14. The molecule has 134 valence electrons. The zero-order valence-electron chi connectivity index (χ0n) is 15.0. The van der Waals surface area contributed by atoms with Crippen molar-refractivity contribution in [3.05, 3.63) is 59.8 Å². The second-order valence-electron chi connectivity index (χ2n) is 6.42. The minimum atomic E-state index is -0.422. The molecule has 3 rings (SSSR count). The quantitative estimate of drug-likeness (QED) is 0.559. The number of aromatic nitrogens is 2. The third-order valence-electron chi connectivity index (χ3n) is 4.55. The molecular formula is C21H24N4O. The van der Waals surface area contributed by atoms with Crippen LogP contribution in [0.2, 0.25) is 0 Å². The number of amides is 1. The van der Waals surface area contributed by atoms with E-state index < -0.39 is 5.91 Å². The van der Waals surface area contributed by atoms with E-state index in [0.29, 0.717) is 11.5 Å². The molecule has 5 nitrogen and oxygen atoms in total. The largest absolute Gasteiger partial charge is 0.369 e. The van der Waals surface area contributed by atoms with Gasteiger partial charge in [-0.15, -0.1) is 0 Å². The number of benzene rings is 2. The van der Waals surface area contributed by atoms with Gasteiger partial charge in [0.25, 0.3) is 0 Å². The van der Waals surface area contributed by atoms with Crippen LogP contribution in [0.3, 0.4) is 0 Å². The standard InChI is InChI=1S/C21H24N4O/c1-2-3-4-7-14-10-11-15(20(22)26)12-18(14)16-8-5-6-9-17(16)19-13-24-21(23)25-19/h5-6,8-13H,2-4,7H2,1H3,(H2,22,26)(H3,23,24,25). The zero-order valence-corrected chi connectivity index (χ0v) is 15.0. The van der Waals surface area contributed by atoms with E-state index in [0.717, 1.165) is 35.2 Å². The van der Waals surface area contributed by atoms with Gasteiger partial charge in [-0.3, -0.25) is 4.79 Å². The Kier molecular flexibility index (Phi) is 5.37. The molecule has 0 bridgehead atoms. The number of aryl methyl sites for hydroxylation is 1. The van der Waals surface area contributed by atoms with E-state index in [2.05, 4.69) is 23.0 Å². The summed E-state index contributed by atoms with van der Waals surface area (Å²) >= 11 is 0. The SMILES string of the molecule is CCCCCc1ccc(C(N)=O)cc1-c1ccccc1-c1cnc(N)[nH]1. The maximum atomic E-state index is 11.7. The Hall–Kier alpha value is -3.08. The van der Waals surface area contributed by atoms with Crippen LogP contribution < -0.4 is 11.5 Å². The van der Waals surface area contributed by atoms with Gasteiger partial charge in [0.1, 0.15) is 0 Å². The minimum Gasteiger partial charge on any atom is -0.369 e. The Balaban J connectivity index is 2.12. The van der Waals surface area contributed by atoms with Crippen LogP contribution in [0.15, 0.2) is 48.7 Å². The molecule has 5 N–H and O–H groups in total. The highest BCUT2D eigenvalue weighted by atomic mass is 16.1. The number of nitrogens with two attached hydrogens (primary N) is 2. The number of carbonyl (C=O) groups is 1. The maximum Gasteiger partial charge on any atom is 0.248 e. The Morgan fingerprint density at radius 3 is 2.50 bits per heavy atom. The molecular weight excluding hydrogens is 324 g/mol. The van der Waals surface area contributed by atoms with Crippen molar-refractivity contribution < 1.29 is 4.79 Å². The summed E-state index contributed by atoms with van der Waals surface area (Å²) in [6.45, 7) is 2.19. The Morgan fingerprint density at radius 1 is 1.08 bits per heavy atom. The first-order chi connectivity index (χ1) is 12.6. The summed E-state index contributed by atoms with van der Waals surface area (Å²) in [5.41, 5.74) is 16.9. The van der Waals surface area contributed by atoms with Crippen LogP contribution in [0.25, 0.3) is 22.4 Å². The number of rotatable bonds is 7. The van der Waals surface area contributed by atoms with Gasteiger partial charge in [-0.2, -0.15) is 0 Å². The molecule has 0 saturated carbocycles. The van der Waals surface area contributed by atoms with Gasteiger partial charge in [0, 0.05) is 11.1 Å². The molecule has 5 heteroatoms. The van der Waals surface area contributed by atoms with Crippen molar-refractivity contribution in [2.45, 2.75) is 32.6 Å². The van der Waals surface area contributed by atoms with Gasteiger partial charge in [0.05, 0.1) is 11.9 Å². The van der Waals surface area contributed by atoms with Gasteiger partial charge in [-0.25, -0.2) is 4.98 Å². The summed E-state index contributed by atoms with van der Waals surface area (Å²) in [5.74, 6) is -0.0431. The van der Waals surface area contributed by atoms with Crippen LogP contribution in [0.5, 0.6) is 0 Å². The van der Waals surface area contributed by atoms with E-state index in [1.165, 1.54) is 18.4 Å². The van der Waals surface area contributed by atoms with Crippen LogP contribution in [0.1, 0.15) is 42.1 Å². The van der Waals surface area contributed by atoms with Crippen molar-refractivity contribution in [3.8, 4) is 22.4 Å². The molecule has 0 saturated heterocycles. The number of nitrogens with zero attached hydrogens (tertiary/aromatic N) is 1. The molecule has 1 aromatic heterocycles. The normalized spacial score (nSPS) is 10.8. The third-order valence-corrected chi connectivity index (χ3v) is 4.55. The number of primary amides is 1. The first kappa shape index (κ1) is 17.7. The molecule has 0 aliphatic carbocycles. The van der Waals surface area contributed by atoms with Gasteiger partial charge in [0.2, 0.25) is 5.91 Å². The summed E-state index contributed by atoms with van der Waals surface area (Å²) in [6, 6.07) is 13.8. The molecule has 1 heterocycles. The van der Waals surface area contributed by atoms with Crippen LogP contribution in [0, 0.1) is 0 Å². The summed E-state index contributed by atoms with van der Waals surface area (Å²) in [7, 11) is 0. The first-order valence-corrected chi connectivity index (χ1v) is 8.93. The molecule has 0 aliphatic heterocycles. The number of H-pyrrole nitrogens is 1. The fourth-order valence-electron chi connectivity index (χ4n) is 3.19. The van der Waals surface area contributed by atoms with E-state index in [1.54, 1.807) is 6.20 Å². The van der Waals surface area contributed by atoms with Crippen molar-refractivity contribution in [1.82, 2.24) is 9.97 Å². The smallest absolute Gasteiger partial charge is 0.248 e. The molecule has 26 heavy (non-hydrogen) atoms.